The molecule has 0 atom stereocenters. The molecule has 2 rings (SSSR count). The molecule has 19 heavy (non-hydrogen) atoms. The average molecular weight is 262 g/mol. The van der Waals surface area contributed by atoms with Crippen molar-refractivity contribution in [2.24, 2.45) is 11.8 Å². The lowest BCUT2D eigenvalue weighted by molar-refractivity contribution is -0.127. The zero-order chi connectivity index (χ0) is 13.7. The summed E-state index contributed by atoms with van der Waals surface area (Å²) in [6.07, 6.45) is 10.5. The topological polar surface area (TPSA) is 52.9 Å². The summed E-state index contributed by atoms with van der Waals surface area (Å²) < 4.78 is 0. The minimum Gasteiger partial charge on any atom is -0.338 e. The lowest BCUT2D eigenvalue weighted by Gasteiger charge is -2.31. The molecule has 0 spiro atoms. The Balaban J connectivity index is 1.94. The van der Waals surface area contributed by atoms with Crippen LogP contribution in [0.4, 0.5) is 0 Å². The van der Waals surface area contributed by atoms with Crippen LogP contribution in [-0.4, -0.2) is 11.4 Å². The van der Waals surface area contributed by atoms with Crippen LogP contribution in [0.2, 0.25) is 0 Å². The van der Waals surface area contributed by atoms with E-state index in [0.717, 1.165) is 57.3 Å². The second kappa shape index (κ2) is 6.41. The van der Waals surface area contributed by atoms with Gasteiger partial charge >= 0.3 is 0 Å². The van der Waals surface area contributed by atoms with Crippen LogP contribution in [0, 0.1) is 23.2 Å². The van der Waals surface area contributed by atoms with Crippen molar-refractivity contribution >= 4 is 5.91 Å². The Bertz CT molecular complexity index is 342. The van der Waals surface area contributed by atoms with E-state index in [1.54, 1.807) is 0 Å². The van der Waals surface area contributed by atoms with E-state index in [4.69, 9.17) is 0 Å². The van der Waals surface area contributed by atoms with Crippen LogP contribution in [-0.2, 0) is 4.79 Å². The summed E-state index contributed by atoms with van der Waals surface area (Å²) in [5.41, 5.74) is -0.573. The summed E-state index contributed by atoms with van der Waals surface area (Å²) in [6, 6.07) is 2.40. The maximum absolute atomic E-state index is 12.4. The molecule has 3 heteroatoms. The van der Waals surface area contributed by atoms with E-state index in [-0.39, 0.29) is 11.8 Å². The number of carbonyl (C=O) groups is 1. The van der Waals surface area contributed by atoms with Gasteiger partial charge in [0.2, 0.25) is 5.91 Å². The molecule has 0 aromatic carbocycles. The van der Waals surface area contributed by atoms with Crippen molar-refractivity contribution in [2.45, 2.75) is 76.7 Å². The van der Waals surface area contributed by atoms with Crippen LogP contribution in [0.15, 0.2) is 0 Å². The van der Waals surface area contributed by atoms with E-state index >= 15 is 0 Å². The molecule has 0 unspecified atom stereocenters. The van der Waals surface area contributed by atoms with Gasteiger partial charge in [0.05, 0.1) is 6.07 Å². The molecule has 0 heterocycles. The standard InChI is InChI=1S/C16H26N2O/c1-13-6-8-14(9-7-13)15(19)18-16(12-17)10-4-2-3-5-11-16/h13-14H,2-11H2,1H3,(H,18,19). The molecule has 0 saturated heterocycles. The zero-order valence-corrected chi connectivity index (χ0v) is 12.1. The molecule has 0 radical (unpaired) electrons. The van der Waals surface area contributed by atoms with Crippen LogP contribution >= 0.6 is 0 Å². The number of hydrogen-bond acceptors (Lipinski definition) is 2. The normalized spacial score (nSPS) is 30.9. The Hall–Kier alpha value is -1.04. The summed E-state index contributed by atoms with van der Waals surface area (Å²) in [4.78, 5) is 12.4. The van der Waals surface area contributed by atoms with Gasteiger partial charge in [0.25, 0.3) is 0 Å². The minimum absolute atomic E-state index is 0.135. The maximum Gasteiger partial charge on any atom is 0.224 e. The number of nitriles is 1. The zero-order valence-electron chi connectivity index (χ0n) is 12.1. The van der Waals surface area contributed by atoms with Gasteiger partial charge < -0.3 is 5.32 Å². The quantitative estimate of drug-likeness (QED) is 0.774. The smallest absolute Gasteiger partial charge is 0.224 e. The molecular weight excluding hydrogens is 236 g/mol. The van der Waals surface area contributed by atoms with Gasteiger partial charge in [-0.05, 0) is 44.4 Å². The highest BCUT2D eigenvalue weighted by atomic mass is 16.2. The molecule has 1 N–H and O–H groups in total. The van der Waals surface area contributed by atoms with Crippen molar-refractivity contribution in [3.05, 3.63) is 0 Å². The van der Waals surface area contributed by atoms with Crippen LogP contribution < -0.4 is 5.32 Å². The van der Waals surface area contributed by atoms with Gasteiger partial charge in [0.15, 0.2) is 0 Å². The van der Waals surface area contributed by atoms with Crippen molar-refractivity contribution in [1.29, 1.82) is 5.26 Å². The van der Waals surface area contributed by atoms with E-state index in [1.807, 2.05) is 0 Å². The first kappa shape index (κ1) is 14.4. The summed E-state index contributed by atoms with van der Waals surface area (Å²) in [6.45, 7) is 2.26. The third kappa shape index (κ3) is 3.72. The molecule has 1 amide bonds. The van der Waals surface area contributed by atoms with Crippen LogP contribution in [0.1, 0.15) is 71.1 Å². The lowest BCUT2D eigenvalue weighted by atomic mass is 9.81. The summed E-state index contributed by atoms with van der Waals surface area (Å²) in [7, 11) is 0. The fraction of sp³-hybridized carbons (Fsp3) is 0.875. The number of nitrogens with zero attached hydrogens (tertiary/aromatic N) is 1. The van der Waals surface area contributed by atoms with Gasteiger partial charge in [-0.2, -0.15) is 5.26 Å². The highest BCUT2D eigenvalue weighted by molar-refractivity contribution is 5.80. The third-order valence-corrected chi connectivity index (χ3v) is 4.92. The number of amides is 1. The highest BCUT2D eigenvalue weighted by Crippen LogP contribution is 2.31. The number of hydrogen-bond donors (Lipinski definition) is 1. The van der Waals surface area contributed by atoms with Crippen molar-refractivity contribution < 1.29 is 4.79 Å². The Morgan fingerprint density at radius 3 is 2.21 bits per heavy atom. The first-order valence-corrected chi connectivity index (χ1v) is 7.88. The second-order valence-corrected chi connectivity index (χ2v) is 6.55. The van der Waals surface area contributed by atoms with Crippen LogP contribution in [0.5, 0.6) is 0 Å². The lowest BCUT2D eigenvalue weighted by Crippen LogP contribution is -2.49. The molecular formula is C16H26N2O. The van der Waals surface area contributed by atoms with E-state index in [1.165, 1.54) is 12.8 Å². The van der Waals surface area contributed by atoms with Crippen molar-refractivity contribution in [3.63, 3.8) is 0 Å². The van der Waals surface area contributed by atoms with Crippen molar-refractivity contribution in [3.8, 4) is 6.07 Å². The summed E-state index contributed by atoms with van der Waals surface area (Å²) in [5, 5.41) is 12.6. The summed E-state index contributed by atoms with van der Waals surface area (Å²) >= 11 is 0. The Kier molecular flexibility index (Phi) is 4.85. The SMILES string of the molecule is CC1CCC(C(=O)NC2(C#N)CCCCCC2)CC1. The minimum atomic E-state index is -0.573. The number of carbonyl (C=O) groups excluding carboxylic acids is 1. The molecule has 0 aromatic heterocycles. The Morgan fingerprint density at radius 2 is 1.68 bits per heavy atom. The van der Waals surface area contributed by atoms with Gasteiger partial charge in [-0.1, -0.05) is 32.6 Å². The molecule has 2 aliphatic carbocycles. The maximum atomic E-state index is 12.4. The molecule has 2 saturated carbocycles. The number of rotatable bonds is 2. The van der Waals surface area contributed by atoms with Crippen LogP contribution in [0.25, 0.3) is 0 Å². The molecule has 3 nitrogen and oxygen atoms in total. The number of nitrogens with one attached hydrogen (secondary N) is 1. The Morgan fingerprint density at radius 1 is 1.11 bits per heavy atom. The fourth-order valence-electron chi connectivity index (χ4n) is 3.46. The van der Waals surface area contributed by atoms with Crippen molar-refractivity contribution in [2.75, 3.05) is 0 Å². The van der Waals surface area contributed by atoms with Gasteiger partial charge in [0, 0.05) is 5.92 Å². The summed E-state index contributed by atoms with van der Waals surface area (Å²) in [5.74, 6) is 1.03. The molecule has 106 valence electrons. The Labute approximate surface area is 116 Å². The fourth-order valence-corrected chi connectivity index (χ4v) is 3.46. The van der Waals surface area contributed by atoms with Gasteiger partial charge in [-0.25, -0.2) is 0 Å². The average Bonchev–Trinajstić information content (AvgIpc) is 2.65. The predicted octanol–water partition coefficient (Wildman–Crippen LogP) is 3.55. The van der Waals surface area contributed by atoms with E-state index in [0.29, 0.717) is 0 Å². The molecule has 0 bridgehead atoms. The highest BCUT2D eigenvalue weighted by Gasteiger charge is 2.35. The first-order valence-electron chi connectivity index (χ1n) is 7.88. The van der Waals surface area contributed by atoms with E-state index in [2.05, 4.69) is 18.3 Å². The predicted molar refractivity (Wildman–Crippen MR) is 75.3 cm³/mol. The van der Waals surface area contributed by atoms with Crippen LogP contribution in [0.3, 0.4) is 0 Å². The van der Waals surface area contributed by atoms with Gasteiger partial charge in [-0.15, -0.1) is 0 Å². The van der Waals surface area contributed by atoms with E-state index in [9.17, 15) is 10.1 Å². The molecule has 0 aliphatic heterocycles. The van der Waals surface area contributed by atoms with Gasteiger partial charge in [0.1, 0.15) is 5.54 Å². The van der Waals surface area contributed by atoms with Crippen molar-refractivity contribution in [1.82, 2.24) is 5.32 Å². The third-order valence-electron chi connectivity index (χ3n) is 4.92. The monoisotopic (exact) mass is 262 g/mol. The molecule has 0 aromatic rings. The van der Waals surface area contributed by atoms with Gasteiger partial charge in [-0.3, -0.25) is 4.79 Å². The largest absolute Gasteiger partial charge is 0.338 e. The molecule has 2 aliphatic rings. The second-order valence-electron chi connectivity index (χ2n) is 6.55. The van der Waals surface area contributed by atoms with E-state index < -0.39 is 5.54 Å². The molecule has 2 fully saturated rings. The first-order chi connectivity index (χ1) is 9.15.